The Morgan fingerprint density at radius 3 is 2.30 bits per heavy atom. The van der Waals surface area contributed by atoms with Crippen LogP contribution in [-0.4, -0.2) is 30.7 Å². The lowest BCUT2D eigenvalue weighted by molar-refractivity contribution is -0.125. The molecule has 0 radical (unpaired) electrons. The molecule has 0 aliphatic rings. The monoisotopic (exact) mass is 146 g/mol. The van der Waals surface area contributed by atoms with Crippen molar-refractivity contribution < 1.29 is 14.6 Å². The number of rotatable bonds is 4. The summed E-state index contributed by atoms with van der Waals surface area (Å²) in [6, 6.07) is 0. The van der Waals surface area contributed by atoms with Crippen LogP contribution in [0.2, 0.25) is 0 Å². The highest BCUT2D eigenvalue weighted by Gasteiger charge is 2.19. The topological polar surface area (TPSA) is 46.5 Å². The Labute approximate surface area is 61.0 Å². The molecule has 0 aromatic carbocycles. The number of carbonyl (C=O) groups is 1. The van der Waals surface area contributed by atoms with Gasteiger partial charge in [-0.25, -0.2) is 0 Å². The van der Waals surface area contributed by atoms with Crippen LogP contribution in [0, 0.1) is 5.92 Å². The zero-order chi connectivity index (χ0) is 8.15. The third kappa shape index (κ3) is 2.45. The maximum Gasteiger partial charge on any atom is 0.135 e. The maximum absolute atomic E-state index is 10.7. The summed E-state index contributed by atoms with van der Waals surface area (Å²) in [5.41, 5.74) is 0. The van der Waals surface area contributed by atoms with Crippen LogP contribution in [0.4, 0.5) is 0 Å². The highest BCUT2D eigenvalue weighted by Crippen LogP contribution is 2.06. The van der Waals surface area contributed by atoms with Gasteiger partial charge in [0.15, 0.2) is 0 Å². The number of aliphatic hydroxyl groups is 1. The van der Waals surface area contributed by atoms with Gasteiger partial charge in [-0.2, -0.15) is 0 Å². The fraction of sp³-hybridized carbons (Fsp3) is 0.857. The molecule has 0 heterocycles. The molecule has 0 amide bonds. The molecule has 0 aliphatic carbocycles. The largest absolute Gasteiger partial charge is 0.394 e. The van der Waals surface area contributed by atoms with Crippen molar-refractivity contribution >= 4 is 5.78 Å². The first-order valence-electron chi connectivity index (χ1n) is 3.27. The molecule has 60 valence electrons. The van der Waals surface area contributed by atoms with Crippen LogP contribution in [0.25, 0.3) is 0 Å². The van der Waals surface area contributed by atoms with E-state index in [-0.39, 0.29) is 24.4 Å². The summed E-state index contributed by atoms with van der Waals surface area (Å²) < 4.78 is 4.85. The molecule has 0 rings (SSSR count). The molecule has 2 atom stereocenters. The van der Waals surface area contributed by atoms with Crippen LogP contribution in [0.15, 0.2) is 0 Å². The molecule has 0 saturated carbocycles. The summed E-state index contributed by atoms with van der Waals surface area (Å²) in [6.07, 6.45) is -0.350. The van der Waals surface area contributed by atoms with E-state index in [0.717, 1.165) is 0 Å². The average molecular weight is 146 g/mol. The van der Waals surface area contributed by atoms with E-state index in [2.05, 4.69) is 0 Å². The Balaban J connectivity index is 3.88. The summed E-state index contributed by atoms with van der Waals surface area (Å²) in [5, 5.41) is 8.67. The summed E-state index contributed by atoms with van der Waals surface area (Å²) in [5.74, 6) is -0.170. The standard InChI is InChI=1S/C7H14O3/c1-5(6(2)9)7(4-8)10-3/h5,7-8H,4H2,1-3H3. The minimum atomic E-state index is -0.350. The van der Waals surface area contributed by atoms with Crippen molar-refractivity contribution in [1.29, 1.82) is 0 Å². The Hall–Kier alpha value is -0.410. The SMILES string of the molecule is COC(CO)C(C)C(C)=O. The van der Waals surface area contributed by atoms with Crippen LogP contribution >= 0.6 is 0 Å². The second-order valence-corrected chi connectivity index (χ2v) is 2.36. The first kappa shape index (κ1) is 9.59. The number of methoxy groups -OCH3 is 1. The number of hydrogen-bond acceptors (Lipinski definition) is 3. The first-order valence-corrected chi connectivity index (χ1v) is 3.27. The van der Waals surface area contributed by atoms with Crippen molar-refractivity contribution in [1.82, 2.24) is 0 Å². The van der Waals surface area contributed by atoms with E-state index >= 15 is 0 Å². The lowest BCUT2D eigenvalue weighted by atomic mass is 10.0. The predicted octanol–water partition coefficient (Wildman–Crippen LogP) is 0.219. The third-order valence-corrected chi connectivity index (χ3v) is 1.68. The molecule has 3 nitrogen and oxygen atoms in total. The molecule has 1 N–H and O–H groups in total. The van der Waals surface area contributed by atoms with Gasteiger partial charge in [0.25, 0.3) is 0 Å². The minimum absolute atomic E-state index is 0.0425. The Bertz CT molecular complexity index is 107. The molecular weight excluding hydrogens is 132 g/mol. The summed E-state index contributed by atoms with van der Waals surface area (Å²) in [6.45, 7) is 3.14. The van der Waals surface area contributed by atoms with Crippen molar-refractivity contribution in [3.63, 3.8) is 0 Å². The second-order valence-electron chi connectivity index (χ2n) is 2.36. The van der Waals surface area contributed by atoms with Gasteiger partial charge in [-0.05, 0) is 6.92 Å². The molecule has 0 spiro atoms. The van der Waals surface area contributed by atoms with E-state index in [1.807, 2.05) is 0 Å². The summed E-state index contributed by atoms with van der Waals surface area (Å²) in [7, 11) is 1.49. The van der Waals surface area contributed by atoms with Crippen LogP contribution < -0.4 is 0 Å². The van der Waals surface area contributed by atoms with Gasteiger partial charge in [-0.15, -0.1) is 0 Å². The van der Waals surface area contributed by atoms with Gasteiger partial charge in [-0.3, -0.25) is 4.79 Å². The zero-order valence-corrected chi connectivity index (χ0v) is 6.63. The average Bonchev–Trinajstić information content (AvgIpc) is 1.90. The van der Waals surface area contributed by atoms with Crippen molar-refractivity contribution in [2.75, 3.05) is 13.7 Å². The predicted molar refractivity (Wildman–Crippen MR) is 37.7 cm³/mol. The zero-order valence-electron chi connectivity index (χ0n) is 6.63. The Morgan fingerprint density at radius 1 is 1.70 bits per heavy atom. The van der Waals surface area contributed by atoms with Gasteiger partial charge in [0.1, 0.15) is 5.78 Å². The van der Waals surface area contributed by atoms with Gasteiger partial charge in [0.2, 0.25) is 0 Å². The van der Waals surface area contributed by atoms with E-state index in [9.17, 15) is 4.79 Å². The van der Waals surface area contributed by atoms with Crippen LogP contribution in [0.3, 0.4) is 0 Å². The molecule has 10 heavy (non-hydrogen) atoms. The Kier molecular flexibility index (Phi) is 4.23. The normalized spacial score (nSPS) is 16.4. The van der Waals surface area contributed by atoms with E-state index in [1.54, 1.807) is 6.92 Å². The fourth-order valence-electron chi connectivity index (χ4n) is 0.699. The molecule has 0 fully saturated rings. The van der Waals surface area contributed by atoms with E-state index in [0.29, 0.717) is 0 Å². The number of Topliss-reactive ketones (excluding diaryl/α,β-unsaturated/α-hetero) is 1. The number of ether oxygens (including phenoxy) is 1. The lowest BCUT2D eigenvalue weighted by Crippen LogP contribution is -2.29. The molecule has 0 aliphatic heterocycles. The van der Waals surface area contributed by atoms with E-state index in [1.165, 1.54) is 14.0 Å². The van der Waals surface area contributed by atoms with Gasteiger partial charge in [0, 0.05) is 13.0 Å². The van der Waals surface area contributed by atoms with Gasteiger partial charge >= 0.3 is 0 Å². The molecule has 2 unspecified atom stereocenters. The van der Waals surface area contributed by atoms with Gasteiger partial charge in [-0.1, -0.05) is 6.92 Å². The lowest BCUT2D eigenvalue weighted by Gasteiger charge is -2.17. The highest BCUT2D eigenvalue weighted by atomic mass is 16.5. The van der Waals surface area contributed by atoms with Gasteiger partial charge in [0.05, 0.1) is 12.7 Å². The van der Waals surface area contributed by atoms with E-state index in [4.69, 9.17) is 9.84 Å². The van der Waals surface area contributed by atoms with E-state index < -0.39 is 0 Å². The first-order chi connectivity index (χ1) is 4.63. The van der Waals surface area contributed by atoms with Gasteiger partial charge < -0.3 is 9.84 Å². The number of carbonyl (C=O) groups excluding carboxylic acids is 1. The van der Waals surface area contributed by atoms with Crippen molar-refractivity contribution in [3.8, 4) is 0 Å². The highest BCUT2D eigenvalue weighted by molar-refractivity contribution is 5.78. The quantitative estimate of drug-likeness (QED) is 0.617. The fourth-order valence-corrected chi connectivity index (χ4v) is 0.699. The summed E-state index contributed by atoms with van der Waals surface area (Å²) >= 11 is 0. The van der Waals surface area contributed by atoms with Crippen LogP contribution in [0.1, 0.15) is 13.8 Å². The van der Waals surface area contributed by atoms with Crippen LogP contribution in [-0.2, 0) is 9.53 Å². The summed E-state index contributed by atoms with van der Waals surface area (Å²) in [4.78, 5) is 10.7. The molecule has 0 aromatic rings. The van der Waals surface area contributed by atoms with Crippen molar-refractivity contribution in [2.24, 2.45) is 5.92 Å². The van der Waals surface area contributed by atoms with Crippen molar-refractivity contribution in [2.45, 2.75) is 20.0 Å². The van der Waals surface area contributed by atoms with Crippen molar-refractivity contribution in [3.05, 3.63) is 0 Å². The number of aliphatic hydroxyl groups excluding tert-OH is 1. The molecular formula is C7H14O3. The third-order valence-electron chi connectivity index (χ3n) is 1.68. The Morgan fingerprint density at radius 2 is 2.20 bits per heavy atom. The smallest absolute Gasteiger partial charge is 0.135 e. The molecule has 0 aromatic heterocycles. The maximum atomic E-state index is 10.7. The number of hydrogen-bond donors (Lipinski definition) is 1. The van der Waals surface area contributed by atoms with Crippen LogP contribution in [0.5, 0.6) is 0 Å². The molecule has 0 saturated heterocycles. The molecule has 3 heteroatoms. The molecule has 0 bridgehead atoms. The second kappa shape index (κ2) is 4.41. The number of ketones is 1. The minimum Gasteiger partial charge on any atom is -0.394 e.